The van der Waals surface area contributed by atoms with Gasteiger partial charge >= 0.3 is 5.97 Å². The Hall–Kier alpha value is -5.95. The van der Waals surface area contributed by atoms with E-state index in [1.54, 1.807) is 18.2 Å². The lowest BCUT2D eigenvalue weighted by Gasteiger charge is -2.19. The van der Waals surface area contributed by atoms with Crippen molar-refractivity contribution in [1.29, 1.82) is 5.41 Å². The van der Waals surface area contributed by atoms with Gasteiger partial charge < -0.3 is 25.8 Å². The van der Waals surface area contributed by atoms with E-state index in [1.807, 2.05) is 60.0 Å². The molecule has 0 aliphatic rings. The van der Waals surface area contributed by atoms with E-state index in [4.69, 9.17) is 31.0 Å². The fourth-order valence-corrected chi connectivity index (χ4v) is 5.55. The molecule has 3 aromatic carbocycles. The van der Waals surface area contributed by atoms with Crippen molar-refractivity contribution in [3.63, 3.8) is 0 Å². The molecule has 5 aromatic rings. The molecule has 2 heterocycles. The highest BCUT2D eigenvalue weighted by Crippen LogP contribution is 2.31. The zero-order chi connectivity index (χ0) is 36.9. The van der Waals surface area contributed by atoms with Crippen molar-refractivity contribution in [3.05, 3.63) is 77.9 Å². The number of aromatic nitrogens is 6. The molecule has 0 fully saturated rings. The van der Waals surface area contributed by atoms with Crippen LogP contribution in [0.2, 0.25) is 0 Å². The zero-order valence-corrected chi connectivity index (χ0v) is 28.5. The van der Waals surface area contributed by atoms with Crippen molar-refractivity contribution >= 4 is 28.9 Å². The molecule has 274 valence electrons. The molecule has 0 aliphatic carbocycles. The number of amides is 1. The number of guanidine groups is 1. The van der Waals surface area contributed by atoms with Crippen molar-refractivity contribution in [2.24, 2.45) is 5.73 Å². The second kappa shape index (κ2) is 18.3. The van der Waals surface area contributed by atoms with Crippen LogP contribution < -0.4 is 21.1 Å². The predicted octanol–water partition coefficient (Wildman–Crippen LogP) is 3.03. The summed E-state index contributed by atoms with van der Waals surface area (Å²) >= 11 is 0. The first kappa shape index (κ1) is 37.3. The van der Waals surface area contributed by atoms with Gasteiger partial charge in [-0.3, -0.25) is 30.0 Å². The lowest BCUT2D eigenvalue weighted by molar-refractivity contribution is -0.492. The summed E-state index contributed by atoms with van der Waals surface area (Å²) in [6.45, 7) is 2.88. The molecule has 1 unspecified atom stereocenters. The first-order valence-electron chi connectivity index (χ1n) is 16.7. The predicted molar refractivity (Wildman–Crippen MR) is 187 cm³/mol. The van der Waals surface area contributed by atoms with Crippen LogP contribution in [0, 0.1) is 5.41 Å². The Bertz CT molecular complexity index is 1930. The number of nitrogens with zero attached hydrogens (tertiary/aromatic N) is 6. The van der Waals surface area contributed by atoms with Crippen LogP contribution in [0.4, 0.5) is 0 Å². The molecule has 0 bridgehead atoms. The molecule has 0 saturated carbocycles. The minimum Gasteiger partial charge on any atom is -0.465 e. The van der Waals surface area contributed by atoms with Gasteiger partial charge in [0, 0.05) is 12.1 Å². The topological polar surface area (TPSA) is 252 Å². The van der Waals surface area contributed by atoms with Crippen LogP contribution in [0.1, 0.15) is 48.5 Å². The van der Waals surface area contributed by atoms with Gasteiger partial charge in [-0.15, -0.1) is 10.2 Å². The lowest BCUT2D eigenvalue weighted by Crippen LogP contribution is -2.43. The summed E-state index contributed by atoms with van der Waals surface area (Å²) in [6, 6.07) is 20.3. The number of ether oxygens (including phenoxy) is 2. The minimum atomic E-state index is -1.01. The van der Waals surface area contributed by atoms with Gasteiger partial charge in [0.15, 0.2) is 5.96 Å². The highest BCUT2D eigenvalue weighted by molar-refractivity contribution is 6.06. The second-order valence-electron chi connectivity index (χ2n) is 11.5. The van der Waals surface area contributed by atoms with Crippen molar-refractivity contribution < 1.29 is 34.3 Å². The van der Waals surface area contributed by atoms with Gasteiger partial charge in [0.05, 0.1) is 48.4 Å². The molecule has 18 heteroatoms. The number of unbranched alkanes of at least 4 members (excludes halogenated alkanes) is 1. The Morgan fingerprint density at radius 3 is 2.50 bits per heavy atom. The molecule has 1 amide bonds. The Balaban J connectivity index is 1.37. The fraction of sp³-hybridized carbons (Fsp3) is 0.324. The number of fused-ring (bicyclic) bond motifs is 1. The molecule has 0 saturated heterocycles. The molecule has 52 heavy (non-hydrogen) atoms. The molecule has 8 N–H and O–H groups in total. The molecule has 0 aliphatic heterocycles. The number of hydrogen-bond donors (Lipinski definition) is 7. The van der Waals surface area contributed by atoms with Crippen LogP contribution in [0.15, 0.2) is 66.7 Å². The van der Waals surface area contributed by atoms with Gasteiger partial charge in [0.2, 0.25) is 5.82 Å². The number of imidazole rings is 1. The highest BCUT2D eigenvalue weighted by Gasteiger charge is 2.26. The van der Waals surface area contributed by atoms with E-state index in [2.05, 4.69) is 41.1 Å². The number of para-hydroxylation sites is 1. The lowest BCUT2D eigenvalue weighted by atomic mass is 9.98. The molecular weight excluding hydrogens is 674 g/mol. The Labute approximate surface area is 298 Å². The molecular formula is C34H41N11O7. The summed E-state index contributed by atoms with van der Waals surface area (Å²) in [7, 11) is 0. The van der Waals surface area contributed by atoms with Gasteiger partial charge in [-0.1, -0.05) is 54.6 Å². The third-order valence-electron chi connectivity index (χ3n) is 7.93. The third-order valence-corrected chi connectivity index (χ3v) is 7.93. The maximum absolute atomic E-state index is 13.9. The molecule has 1 atom stereocenters. The third kappa shape index (κ3) is 9.85. The summed E-state index contributed by atoms with van der Waals surface area (Å²) in [4.78, 5) is 36.3. The van der Waals surface area contributed by atoms with Gasteiger partial charge in [-0.2, -0.15) is 10.2 Å². The van der Waals surface area contributed by atoms with E-state index in [9.17, 15) is 9.59 Å². The number of carbonyl (C=O) groups excluding carboxylic acids is 2. The van der Waals surface area contributed by atoms with Crippen LogP contribution in [0.25, 0.3) is 33.5 Å². The Morgan fingerprint density at radius 2 is 1.79 bits per heavy atom. The number of nitrogens with two attached hydrogens (primary N) is 1. The van der Waals surface area contributed by atoms with Gasteiger partial charge in [-0.25, -0.2) is 4.79 Å². The van der Waals surface area contributed by atoms with Crippen molar-refractivity contribution in [3.8, 4) is 28.5 Å². The minimum absolute atomic E-state index is 0.00245. The van der Waals surface area contributed by atoms with E-state index >= 15 is 0 Å². The SMILES string of the molecule is CCOc1nc2cccc(C(=O)NC(CCCNC(=N)N)C(=O)OCCCCON(O)O)c2n1Cc1ccc(-c2ccccc2-c2nn[nH]n2)cc1. The van der Waals surface area contributed by atoms with Gasteiger partial charge in [0.1, 0.15) is 6.04 Å². The van der Waals surface area contributed by atoms with Crippen LogP contribution in [0.5, 0.6) is 6.01 Å². The number of H-pyrrole nitrogens is 1. The molecule has 0 radical (unpaired) electrons. The maximum Gasteiger partial charge on any atom is 0.328 e. The molecule has 18 nitrogen and oxygen atoms in total. The average Bonchev–Trinajstić information content (AvgIpc) is 3.80. The van der Waals surface area contributed by atoms with Crippen LogP contribution in [-0.4, -0.2) is 96.2 Å². The number of esters is 1. The average molecular weight is 716 g/mol. The van der Waals surface area contributed by atoms with Gasteiger partial charge in [0.25, 0.3) is 11.9 Å². The first-order valence-corrected chi connectivity index (χ1v) is 16.7. The number of aromatic amines is 1. The monoisotopic (exact) mass is 715 g/mol. The summed E-state index contributed by atoms with van der Waals surface area (Å²) < 4.78 is 13.2. The van der Waals surface area contributed by atoms with Crippen LogP contribution in [-0.2, 0) is 20.9 Å². The highest BCUT2D eigenvalue weighted by atomic mass is 17.1. The largest absolute Gasteiger partial charge is 0.465 e. The first-order chi connectivity index (χ1) is 25.2. The molecule has 0 spiro atoms. The number of rotatable bonds is 19. The van der Waals surface area contributed by atoms with E-state index in [1.165, 1.54) is 0 Å². The summed E-state index contributed by atoms with van der Waals surface area (Å²) in [5.41, 5.74) is 10.4. The van der Waals surface area contributed by atoms with Crippen molar-refractivity contribution in [2.75, 3.05) is 26.4 Å². The molecule has 5 rings (SSSR count). The van der Waals surface area contributed by atoms with E-state index in [-0.39, 0.29) is 36.5 Å². The maximum atomic E-state index is 13.9. The summed E-state index contributed by atoms with van der Waals surface area (Å²) in [5.74, 6) is -0.865. The zero-order valence-electron chi connectivity index (χ0n) is 28.5. The van der Waals surface area contributed by atoms with E-state index in [0.29, 0.717) is 61.8 Å². The van der Waals surface area contributed by atoms with Gasteiger partial charge in [-0.05, 0) is 66.6 Å². The Morgan fingerprint density at radius 1 is 1.02 bits per heavy atom. The second-order valence-corrected chi connectivity index (χ2v) is 11.5. The summed E-state index contributed by atoms with van der Waals surface area (Å²) in [5, 5.41) is 44.3. The van der Waals surface area contributed by atoms with Crippen molar-refractivity contribution in [2.45, 2.75) is 45.2 Å². The van der Waals surface area contributed by atoms with E-state index < -0.39 is 17.9 Å². The number of carbonyl (C=O) groups is 2. The quantitative estimate of drug-likeness (QED) is 0.0213. The Kier molecular flexibility index (Phi) is 13.2. The smallest absolute Gasteiger partial charge is 0.328 e. The van der Waals surface area contributed by atoms with Crippen molar-refractivity contribution in [1.82, 2.24) is 46.2 Å². The number of nitrogens with one attached hydrogen (secondary N) is 4. The fourth-order valence-electron chi connectivity index (χ4n) is 5.55. The summed E-state index contributed by atoms with van der Waals surface area (Å²) in [6.07, 6.45) is 1.38. The number of tetrazole rings is 1. The number of hydrogen-bond acceptors (Lipinski definition) is 13. The standard InChI is InChI=1S/C34H41N11O7/c1-2-50-34-39-27-12-7-11-26(31(46)38-28(13-8-18-37-33(35)36)32(47)51-19-5-6-20-52-45(48)49)29(27)44(34)21-22-14-16-23(17-15-22)24-9-3-4-10-25(24)30-40-42-43-41-30/h3-4,7,9-12,14-17,28,48-49H,2,5-6,8,13,18-21H2,1H3,(H,38,46)(H4,35,36,37)(H,40,41,42,43). The van der Waals surface area contributed by atoms with Crippen LogP contribution >= 0.6 is 0 Å². The van der Waals surface area contributed by atoms with E-state index in [0.717, 1.165) is 22.3 Å². The van der Waals surface area contributed by atoms with Crippen LogP contribution in [0.3, 0.4) is 0 Å². The number of benzene rings is 3. The normalized spacial score (nSPS) is 11.8. The molecule has 2 aromatic heterocycles.